The molecule has 0 aromatic heterocycles. The number of ether oxygens (including phenoxy) is 3. The number of rotatable bonds is 4. The monoisotopic (exact) mass is 834 g/mol. The molecule has 3 aliphatic rings. The number of amides is 6. The van der Waals surface area contributed by atoms with Gasteiger partial charge in [-0.05, 0) is 73.9 Å². The summed E-state index contributed by atoms with van der Waals surface area (Å²) in [5.41, 5.74) is 1.95. The third-order valence-electron chi connectivity index (χ3n) is 10.0. The smallest absolute Gasteiger partial charge is 0.245 e. The number of benzene rings is 3. The summed E-state index contributed by atoms with van der Waals surface area (Å²) < 4.78 is 17.6. The highest BCUT2D eigenvalue weighted by molar-refractivity contribution is 9.10. The van der Waals surface area contributed by atoms with Gasteiger partial charge >= 0.3 is 0 Å². The van der Waals surface area contributed by atoms with Crippen LogP contribution in [0, 0.1) is 0 Å². The Morgan fingerprint density at radius 3 is 1.93 bits per heavy atom. The van der Waals surface area contributed by atoms with E-state index in [1.807, 2.05) is 0 Å². The van der Waals surface area contributed by atoms with Gasteiger partial charge in [0.2, 0.25) is 35.4 Å². The quantitative estimate of drug-likeness (QED) is 0.306. The van der Waals surface area contributed by atoms with Crippen molar-refractivity contribution in [3.63, 3.8) is 0 Å². The molecule has 16 heteroatoms. The first kappa shape index (κ1) is 41.5. The maximum Gasteiger partial charge on any atom is 0.245 e. The van der Waals surface area contributed by atoms with Crippen LogP contribution in [0.3, 0.4) is 0 Å². The third kappa shape index (κ3) is 9.59. The Hall–Kier alpha value is -5.64. The van der Waals surface area contributed by atoms with Crippen molar-refractivity contribution < 1.29 is 43.0 Å². The fourth-order valence-corrected chi connectivity index (χ4v) is 7.06. The van der Waals surface area contributed by atoms with Gasteiger partial charge < -0.3 is 45.3 Å². The lowest BCUT2D eigenvalue weighted by molar-refractivity contribution is -0.145. The number of fused-ring (bicyclic) bond motifs is 2. The maximum absolute atomic E-state index is 14.4. The second kappa shape index (κ2) is 17.9. The zero-order valence-corrected chi connectivity index (χ0v) is 33.9. The minimum absolute atomic E-state index is 0.0374. The van der Waals surface area contributed by atoms with E-state index in [-0.39, 0.29) is 19.3 Å². The van der Waals surface area contributed by atoms with Crippen LogP contribution in [-0.2, 0) is 48.0 Å². The van der Waals surface area contributed by atoms with Gasteiger partial charge in [-0.25, -0.2) is 0 Å². The summed E-state index contributed by atoms with van der Waals surface area (Å²) in [4.78, 5) is 86.2. The van der Waals surface area contributed by atoms with Crippen molar-refractivity contribution >= 4 is 51.4 Å². The van der Waals surface area contributed by atoms with Gasteiger partial charge in [-0.15, -0.1) is 0 Å². The van der Waals surface area contributed by atoms with E-state index in [4.69, 9.17) is 14.2 Å². The molecule has 6 atom stereocenters. The van der Waals surface area contributed by atoms with Crippen molar-refractivity contribution in [3.8, 4) is 23.0 Å². The average molecular weight is 836 g/mol. The maximum atomic E-state index is 14.4. The number of nitrogens with zero attached hydrogens (tertiary/aromatic N) is 2. The first-order valence-corrected chi connectivity index (χ1v) is 18.9. The van der Waals surface area contributed by atoms with Gasteiger partial charge in [-0.3, -0.25) is 28.8 Å². The average Bonchev–Trinajstić information content (AvgIpc) is 3.18. The van der Waals surface area contributed by atoms with Crippen LogP contribution >= 0.6 is 15.9 Å². The van der Waals surface area contributed by atoms with Gasteiger partial charge in [0, 0.05) is 37.8 Å². The second-order valence-electron chi connectivity index (χ2n) is 14.0. The zero-order chi connectivity index (χ0) is 40.8. The van der Waals surface area contributed by atoms with Gasteiger partial charge in [-0.1, -0.05) is 40.2 Å². The molecule has 15 nitrogen and oxygen atoms in total. The number of carbonyl (C=O) groups is 6. The Bertz CT molecular complexity index is 1980. The molecular formula is C40H47BrN6O9. The van der Waals surface area contributed by atoms with Gasteiger partial charge in [0.25, 0.3) is 0 Å². The molecule has 3 aliphatic heterocycles. The topological polar surface area (TPSA) is 185 Å². The van der Waals surface area contributed by atoms with Crippen LogP contribution in [0.25, 0.3) is 0 Å². The number of methoxy groups -OCH3 is 2. The lowest BCUT2D eigenvalue weighted by Gasteiger charge is -2.34. The Labute approximate surface area is 333 Å². The molecule has 3 heterocycles. The molecule has 6 unspecified atom stereocenters. The Morgan fingerprint density at radius 2 is 1.30 bits per heavy atom. The number of nitrogens with one attached hydrogen (secondary N) is 4. The summed E-state index contributed by atoms with van der Waals surface area (Å²) >= 11 is 3.55. The first-order chi connectivity index (χ1) is 26.6. The highest BCUT2D eigenvalue weighted by Crippen LogP contribution is 2.37. The molecule has 6 rings (SSSR count). The summed E-state index contributed by atoms with van der Waals surface area (Å²) in [6.45, 7) is 4.42. The molecule has 0 saturated carbocycles. The number of hydrogen-bond donors (Lipinski definition) is 4. The van der Waals surface area contributed by atoms with Crippen LogP contribution in [0.1, 0.15) is 37.5 Å². The number of carbonyl (C=O) groups excluding carboxylic acids is 6. The molecule has 6 amide bonds. The highest BCUT2D eigenvalue weighted by Gasteiger charge is 2.37. The molecule has 0 aliphatic carbocycles. The van der Waals surface area contributed by atoms with Crippen molar-refractivity contribution in [1.29, 1.82) is 0 Å². The summed E-state index contributed by atoms with van der Waals surface area (Å²) in [6, 6.07) is 10.4. The predicted molar refractivity (Wildman–Crippen MR) is 209 cm³/mol. The van der Waals surface area contributed by atoms with E-state index in [2.05, 4.69) is 37.2 Å². The van der Waals surface area contributed by atoms with Crippen LogP contribution in [0.15, 0.2) is 65.1 Å². The molecule has 0 radical (unpaired) electrons. The van der Waals surface area contributed by atoms with E-state index in [0.29, 0.717) is 44.2 Å². The number of hydrogen-bond acceptors (Lipinski definition) is 9. The van der Waals surface area contributed by atoms with E-state index in [1.54, 1.807) is 60.7 Å². The molecule has 1 fully saturated rings. The largest absolute Gasteiger partial charge is 0.497 e. The van der Waals surface area contributed by atoms with Crippen LogP contribution < -0.4 is 35.5 Å². The summed E-state index contributed by atoms with van der Waals surface area (Å²) in [7, 11) is 5.93. The lowest BCUT2D eigenvalue weighted by atomic mass is 10.00. The molecule has 3 aromatic carbocycles. The van der Waals surface area contributed by atoms with Crippen molar-refractivity contribution in [2.75, 3.05) is 28.3 Å². The number of halogens is 1. The molecule has 56 heavy (non-hydrogen) atoms. The van der Waals surface area contributed by atoms with E-state index in [0.717, 1.165) is 0 Å². The van der Waals surface area contributed by atoms with Crippen molar-refractivity contribution in [3.05, 3.63) is 81.8 Å². The Kier molecular flexibility index (Phi) is 13.3. The zero-order valence-electron chi connectivity index (χ0n) is 32.3. The van der Waals surface area contributed by atoms with Crippen molar-refractivity contribution in [2.45, 2.75) is 76.3 Å². The lowest BCUT2D eigenvalue weighted by Crippen LogP contribution is -2.61. The van der Waals surface area contributed by atoms with E-state index >= 15 is 0 Å². The molecule has 1 saturated heterocycles. The second-order valence-corrected chi connectivity index (χ2v) is 14.8. The minimum atomic E-state index is -1.25. The van der Waals surface area contributed by atoms with Gasteiger partial charge in [0.05, 0.1) is 14.2 Å². The SMILES string of the molecule is COc1ccc(CC2C(=O)NC(C)C(=O)N(C)C3Cc4ccc(cc4)Oc4cc(c(Br)cc4OC)CC(NC3=O)C(=O)NC(C)C(=O)NC(C)C(=O)N2C)cc1. The number of likely N-dealkylation sites (N-methyl/N-ethyl adjacent to an activating group) is 2. The molecule has 4 N–H and O–H groups in total. The fraction of sp³-hybridized carbons (Fsp3) is 0.400. The van der Waals surface area contributed by atoms with E-state index < -0.39 is 71.7 Å². The molecular weight excluding hydrogens is 788 g/mol. The van der Waals surface area contributed by atoms with Crippen LogP contribution in [0.5, 0.6) is 23.0 Å². The van der Waals surface area contributed by atoms with Gasteiger partial charge in [0.1, 0.15) is 47.8 Å². The first-order valence-electron chi connectivity index (χ1n) is 18.1. The predicted octanol–water partition coefficient (Wildman–Crippen LogP) is 2.27. The third-order valence-corrected chi connectivity index (χ3v) is 10.7. The standard InChI is InChI=1S/C40H47BrN6O9/c1-21-35(48)43-22(2)39(52)46(4)31(16-24-8-12-27(54-6)13-9-24)37(50)44-23(3)40(53)47(5)32-17-25-10-14-28(15-11-25)56-34-19-26(29(41)20-33(34)55-7)18-30(36(49)42-21)45-38(32)51/h8-15,19-23,30-32H,16-18H2,1-7H3,(H,42,49)(H,43,48)(H,44,50)(H,45,51). The van der Waals surface area contributed by atoms with Gasteiger partial charge in [0.15, 0.2) is 11.5 Å². The van der Waals surface area contributed by atoms with Crippen LogP contribution in [0.4, 0.5) is 0 Å². The molecule has 298 valence electrons. The fourth-order valence-electron chi connectivity index (χ4n) is 6.58. The van der Waals surface area contributed by atoms with Crippen molar-refractivity contribution in [1.82, 2.24) is 31.1 Å². The highest BCUT2D eigenvalue weighted by atomic mass is 79.9. The van der Waals surface area contributed by atoms with Crippen LogP contribution in [-0.4, -0.2) is 110 Å². The Balaban J connectivity index is 1.56. The molecule has 3 aromatic rings. The normalized spacial score (nSPS) is 24.1. The molecule has 0 spiro atoms. The van der Waals surface area contributed by atoms with E-state index in [9.17, 15) is 28.8 Å². The Morgan fingerprint density at radius 1 is 0.696 bits per heavy atom. The minimum Gasteiger partial charge on any atom is -0.497 e. The van der Waals surface area contributed by atoms with Crippen LogP contribution in [0.2, 0.25) is 0 Å². The summed E-state index contributed by atoms with van der Waals surface area (Å²) in [6.07, 6.45) is 0.0477. The summed E-state index contributed by atoms with van der Waals surface area (Å²) in [5, 5.41) is 10.9. The van der Waals surface area contributed by atoms with Crippen molar-refractivity contribution in [2.24, 2.45) is 0 Å². The van der Waals surface area contributed by atoms with Gasteiger partial charge in [-0.2, -0.15) is 0 Å². The van der Waals surface area contributed by atoms with E-state index in [1.165, 1.54) is 58.9 Å². The summed E-state index contributed by atoms with van der Waals surface area (Å²) in [5.74, 6) is -1.92. The molecule has 6 bridgehead atoms.